The summed E-state index contributed by atoms with van der Waals surface area (Å²) in [6, 6.07) is 4.05. The number of hydrogen-bond donors (Lipinski definition) is 1. The Hall–Kier alpha value is -2.01. The number of hydrazine groups is 1. The van der Waals surface area contributed by atoms with E-state index in [1.807, 2.05) is 26.8 Å². The SMILES string of the molecule is CCCC(C1CC1)N(Nc1c(C)cc(C)cc1Cl)C(=O)c1nc(C)co1. The van der Waals surface area contributed by atoms with Gasteiger partial charge in [0.25, 0.3) is 5.89 Å². The third-order valence-corrected chi connectivity index (χ3v) is 5.07. The molecule has 0 saturated heterocycles. The summed E-state index contributed by atoms with van der Waals surface area (Å²) in [5, 5.41) is 2.30. The summed E-state index contributed by atoms with van der Waals surface area (Å²) in [7, 11) is 0. The molecule has 1 fully saturated rings. The molecule has 26 heavy (non-hydrogen) atoms. The first-order chi connectivity index (χ1) is 12.4. The van der Waals surface area contributed by atoms with Gasteiger partial charge in [-0.25, -0.2) is 9.99 Å². The average molecular weight is 376 g/mol. The first kappa shape index (κ1) is 18.8. The zero-order valence-corrected chi connectivity index (χ0v) is 16.6. The van der Waals surface area contributed by atoms with Gasteiger partial charge >= 0.3 is 5.91 Å². The number of amides is 1. The number of halogens is 1. The second-order valence-corrected chi connectivity index (χ2v) is 7.62. The molecule has 6 heteroatoms. The van der Waals surface area contributed by atoms with Gasteiger partial charge in [-0.1, -0.05) is 31.0 Å². The highest BCUT2D eigenvalue weighted by Crippen LogP contribution is 2.39. The van der Waals surface area contributed by atoms with Crippen LogP contribution in [0.5, 0.6) is 0 Å². The van der Waals surface area contributed by atoms with Crippen molar-refractivity contribution in [1.29, 1.82) is 0 Å². The Bertz CT molecular complexity index is 775. The number of nitrogens with zero attached hydrogens (tertiary/aromatic N) is 2. The van der Waals surface area contributed by atoms with Gasteiger partial charge in [0.05, 0.1) is 22.4 Å². The average Bonchev–Trinajstić information content (AvgIpc) is 3.33. The number of nitrogens with one attached hydrogen (secondary N) is 1. The molecule has 3 rings (SSSR count). The van der Waals surface area contributed by atoms with E-state index < -0.39 is 0 Å². The zero-order valence-electron chi connectivity index (χ0n) is 15.8. The Balaban J connectivity index is 1.96. The monoisotopic (exact) mass is 375 g/mol. The molecule has 0 spiro atoms. The van der Waals surface area contributed by atoms with Gasteiger partial charge < -0.3 is 4.42 Å². The predicted molar refractivity (Wildman–Crippen MR) is 103 cm³/mol. The lowest BCUT2D eigenvalue weighted by atomic mass is 10.1. The number of anilines is 1. The van der Waals surface area contributed by atoms with E-state index in [0.717, 1.165) is 42.5 Å². The number of carbonyl (C=O) groups excluding carboxylic acids is 1. The van der Waals surface area contributed by atoms with Crippen LogP contribution >= 0.6 is 11.6 Å². The third kappa shape index (κ3) is 4.04. The van der Waals surface area contributed by atoms with Crippen LogP contribution in [0, 0.1) is 26.7 Å². The van der Waals surface area contributed by atoms with E-state index in [-0.39, 0.29) is 17.8 Å². The highest BCUT2D eigenvalue weighted by molar-refractivity contribution is 6.33. The van der Waals surface area contributed by atoms with Gasteiger partial charge in [-0.15, -0.1) is 0 Å². The number of benzene rings is 1. The van der Waals surface area contributed by atoms with Gasteiger partial charge in [-0.3, -0.25) is 10.2 Å². The summed E-state index contributed by atoms with van der Waals surface area (Å²) in [6.07, 6.45) is 5.70. The lowest BCUT2D eigenvalue weighted by Crippen LogP contribution is -2.46. The van der Waals surface area contributed by atoms with Crippen molar-refractivity contribution in [1.82, 2.24) is 9.99 Å². The van der Waals surface area contributed by atoms with E-state index in [1.165, 1.54) is 6.26 Å². The molecule has 5 nitrogen and oxygen atoms in total. The number of carbonyl (C=O) groups is 1. The Morgan fingerprint density at radius 2 is 2.12 bits per heavy atom. The molecule has 0 bridgehead atoms. The van der Waals surface area contributed by atoms with Gasteiger partial charge in [0.1, 0.15) is 6.26 Å². The molecule has 1 aliphatic carbocycles. The van der Waals surface area contributed by atoms with Crippen molar-refractivity contribution in [3.8, 4) is 0 Å². The molecule has 1 unspecified atom stereocenters. The third-order valence-electron chi connectivity index (χ3n) is 4.77. The van der Waals surface area contributed by atoms with E-state index >= 15 is 0 Å². The van der Waals surface area contributed by atoms with Crippen molar-refractivity contribution >= 4 is 23.2 Å². The van der Waals surface area contributed by atoms with Crippen LogP contribution in [0.15, 0.2) is 22.8 Å². The van der Waals surface area contributed by atoms with Crippen molar-refractivity contribution in [2.24, 2.45) is 5.92 Å². The molecular weight excluding hydrogens is 350 g/mol. The van der Waals surface area contributed by atoms with Crippen LogP contribution in [0.2, 0.25) is 5.02 Å². The van der Waals surface area contributed by atoms with Gasteiger partial charge in [0.2, 0.25) is 0 Å². The number of aromatic nitrogens is 1. The van der Waals surface area contributed by atoms with E-state index in [0.29, 0.717) is 16.6 Å². The van der Waals surface area contributed by atoms with Crippen molar-refractivity contribution in [2.75, 3.05) is 5.43 Å². The molecule has 1 heterocycles. The molecule has 1 aromatic carbocycles. The standard InChI is InChI=1S/C20H26ClN3O2/c1-5-6-17(15-7-8-15)24(20(25)19-22-14(4)11-26-19)23-18-13(3)9-12(2)10-16(18)21/h9-11,15,17,23H,5-8H2,1-4H3. The van der Waals surface area contributed by atoms with Gasteiger partial charge in [-0.2, -0.15) is 0 Å². The fourth-order valence-corrected chi connectivity index (χ4v) is 3.73. The van der Waals surface area contributed by atoms with Crippen LogP contribution in [0.3, 0.4) is 0 Å². The number of oxazole rings is 1. The summed E-state index contributed by atoms with van der Waals surface area (Å²) in [6.45, 7) is 7.94. The summed E-state index contributed by atoms with van der Waals surface area (Å²) in [5.41, 5.74) is 6.85. The van der Waals surface area contributed by atoms with Crippen LogP contribution in [-0.4, -0.2) is 21.9 Å². The summed E-state index contributed by atoms with van der Waals surface area (Å²) < 4.78 is 5.38. The number of hydrogen-bond acceptors (Lipinski definition) is 4. The molecule has 0 radical (unpaired) electrons. The predicted octanol–water partition coefficient (Wildman–Crippen LogP) is 5.30. The lowest BCUT2D eigenvalue weighted by Gasteiger charge is -2.33. The Morgan fingerprint density at radius 3 is 2.65 bits per heavy atom. The molecule has 1 amide bonds. The zero-order chi connectivity index (χ0) is 18.8. The minimum absolute atomic E-state index is 0.0940. The van der Waals surface area contributed by atoms with Crippen LogP contribution < -0.4 is 5.43 Å². The van der Waals surface area contributed by atoms with Gasteiger partial charge in [0, 0.05) is 0 Å². The van der Waals surface area contributed by atoms with Crippen LogP contribution in [-0.2, 0) is 0 Å². The number of rotatable bonds is 7. The maximum atomic E-state index is 13.2. The maximum Gasteiger partial charge on any atom is 0.328 e. The molecule has 140 valence electrons. The molecule has 2 aromatic rings. The highest BCUT2D eigenvalue weighted by Gasteiger charge is 2.39. The molecule has 1 atom stereocenters. The Kier molecular flexibility index (Phi) is 5.56. The second kappa shape index (κ2) is 7.70. The summed E-state index contributed by atoms with van der Waals surface area (Å²) >= 11 is 6.47. The Labute approximate surface area is 159 Å². The van der Waals surface area contributed by atoms with Crippen LogP contribution in [0.25, 0.3) is 0 Å². The van der Waals surface area contributed by atoms with E-state index in [4.69, 9.17) is 16.0 Å². The van der Waals surface area contributed by atoms with Crippen LogP contribution in [0.1, 0.15) is 60.1 Å². The van der Waals surface area contributed by atoms with Crippen molar-refractivity contribution in [2.45, 2.75) is 59.4 Å². The quantitative estimate of drug-likeness (QED) is 0.667. The lowest BCUT2D eigenvalue weighted by molar-refractivity contribution is 0.0659. The largest absolute Gasteiger partial charge is 0.441 e. The van der Waals surface area contributed by atoms with Crippen molar-refractivity contribution in [3.63, 3.8) is 0 Å². The van der Waals surface area contributed by atoms with E-state index in [2.05, 4.69) is 23.4 Å². The normalized spacial score (nSPS) is 15.0. The fraction of sp³-hybridized carbons (Fsp3) is 0.500. The highest BCUT2D eigenvalue weighted by atomic mass is 35.5. The molecule has 1 aromatic heterocycles. The first-order valence-electron chi connectivity index (χ1n) is 9.19. The molecule has 0 aliphatic heterocycles. The van der Waals surface area contributed by atoms with Gasteiger partial charge in [-0.05, 0) is 63.1 Å². The number of aryl methyl sites for hydroxylation is 3. The van der Waals surface area contributed by atoms with Crippen molar-refractivity contribution < 1.29 is 9.21 Å². The Morgan fingerprint density at radius 1 is 1.38 bits per heavy atom. The first-order valence-corrected chi connectivity index (χ1v) is 9.57. The van der Waals surface area contributed by atoms with Crippen molar-refractivity contribution in [3.05, 3.63) is 46.1 Å². The summed E-state index contributed by atoms with van der Waals surface area (Å²) in [4.78, 5) is 17.4. The second-order valence-electron chi connectivity index (χ2n) is 7.21. The van der Waals surface area contributed by atoms with E-state index in [9.17, 15) is 4.79 Å². The molecule has 1 saturated carbocycles. The van der Waals surface area contributed by atoms with Crippen LogP contribution in [0.4, 0.5) is 5.69 Å². The maximum absolute atomic E-state index is 13.2. The smallest absolute Gasteiger partial charge is 0.328 e. The minimum atomic E-state index is -0.250. The summed E-state index contributed by atoms with van der Waals surface area (Å²) in [5.74, 6) is 0.365. The molecule has 1 N–H and O–H groups in total. The topological polar surface area (TPSA) is 58.4 Å². The van der Waals surface area contributed by atoms with Gasteiger partial charge in [0.15, 0.2) is 0 Å². The van der Waals surface area contributed by atoms with E-state index in [1.54, 1.807) is 5.01 Å². The molecule has 1 aliphatic rings. The fourth-order valence-electron chi connectivity index (χ4n) is 3.37. The minimum Gasteiger partial charge on any atom is -0.441 e. The molecular formula is C20H26ClN3O2.